The van der Waals surface area contributed by atoms with Gasteiger partial charge in [-0.15, -0.1) is 0 Å². The third kappa shape index (κ3) is 2.14. The molecule has 11 heavy (non-hydrogen) atoms. The van der Waals surface area contributed by atoms with E-state index in [-0.39, 0.29) is 11.8 Å². The normalized spacial score (nSPS) is 15.4. The first-order chi connectivity index (χ1) is 5.20. The molecule has 1 aliphatic rings. The quantitative estimate of drug-likeness (QED) is 0.574. The zero-order valence-corrected chi connectivity index (χ0v) is 6.66. The molecule has 0 aromatic heterocycles. The van der Waals surface area contributed by atoms with Gasteiger partial charge >= 0.3 is 0 Å². The van der Waals surface area contributed by atoms with Gasteiger partial charge in [-0.05, 0) is 0 Å². The highest BCUT2D eigenvalue weighted by Gasteiger charge is 2.09. The summed E-state index contributed by atoms with van der Waals surface area (Å²) >= 11 is 0. The molecular weight excluding hydrogens is 142 g/mol. The van der Waals surface area contributed by atoms with Crippen LogP contribution >= 0.6 is 0 Å². The van der Waals surface area contributed by atoms with E-state index < -0.39 is 0 Å². The van der Waals surface area contributed by atoms with Gasteiger partial charge in [-0.25, -0.2) is 9.98 Å². The van der Waals surface area contributed by atoms with Crippen molar-refractivity contribution >= 4 is 18.1 Å². The Balaban J connectivity index is 2.42. The number of rotatable bonds is 1. The van der Waals surface area contributed by atoms with Crippen molar-refractivity contribution in [2.45, 2.75) is 13.8 Å². The molecule has 1 N–H and O–H groups in total. The lowest BCUT2D eigenvalue weighted by molar-refractivity contribution is -0.122. The standard InChI is InChI=1S/C7H11N3O/c1-5(2)6(11)10-7-8-3-4-9-7/h3,5H,4H2,1-2H3,(H,9,10,11). The molecule has 0 saturated carbocycles. The Morgan fingerprint density at radius 3 is 2.91 bits per heavy atom. The molecule has 4 nitrogen and oxygen atoms in total. The number of amides is 1. The Labute approximate surface area is 65.4 Å². The largest absolute Gasteiger partial charge is 0.295 e. The van der Waals surface area contributed by atoms with E-state index in [2.05, 4.69) is 15.3 Å². The van der Waals surface area contributed by atoms with E-state index in [1.54, 1.807) is 6.21 Å². The number of carbonyl (C=O) groups is 1. The molecule has 0 aromatic carbocycles. The average Bonchev–Trinajstić information content (AvgIpc) is 2.39. The van der Waals surface area contributed by atoms with Crippen molar-refractivity contribution in [3.05, 3.63) is 0 Å². The van der Waals surface area contributed by atoms with Gasteiger partial charge in [0.25, 0.3) is 0 Å². The van der Waals surface area contributed by atoms with Crippen molar-refractivity contribution in [1.82, 2.24) is 5.32 Å². The highest BCUT2D eigenvalue weighted by Crippen LogP contribution is 1.92. The molecule has 0 radical (unpaired) electrons. The predicted molar refractivity (Wildman–Crippen MR) is 43.8 cm³/mol. The Morgan fingerprint density at radius 2 is 2.45 bits per heavy atom. The molecule has 0 fully saturated rings. The van der Waals surface area contributed by atoms with E-state index in [1.807, 2.05) is 13.8 Å². The van der Waals surface area contributed by atoms with Crippen LogP contribution in [0.2, 0.25) is 0 Å². The van der Waals surface area contributed by atoms with Crippen molar-refractivity contribution in [3.63, 3.8) is 0 Å². The van der Waals surface area contributed by atoms with Gasteiger partial charge in [-0.3, -0.25) is 10.1 Å². The number of nitrogens with one attached hydrogen (secondary N) is 1. The first-order valence-electron chi connectivity index (χ1n) is 3.58. The molecule has 1 heterocycles. The second kappa shape index (κ2) is 3.27. The molecule has 0 unspecified atom stereocenters. The van der Waals surface area contributed by atoms with Crippen LogP contribution in [0.3, 0.4) is 0 Å². The van der Waals surface area contributed by atoms with Crippen molar-refractivity contribution in [2.24, 2.45) is 15.9 Å². The minimum atomic E-state index is -0.0391. The van der Waals surface area contributed by atoms with Crippen molar-refractivity contribution < 1.29 is 4.79 Å². The molecule has 0 atom stereocenters. The van der Waals surface area contributed by atoms with Crippen molar-refractivity contribution in [3.8, 4) is 0 Å². The average molecular weight is 153 g/mol. The van der Waals surface area contributed by atoms with E-state index >= 15 is 0 Å². The molecule has 0 spiro atoms. The summed E-state index contributed by atoms with van der Waals surface area (Å²) in [5.74, 6) is 0.375. The summed E-state index contributed by atoms with van der Waals surface area (Å²) in [5.41, 5.74) is 0. The molecule has 1 amide bonds. The van der Waals surface area contributed by atoms with Crippen molar-refractivity contribution in [2.75, 3.05) is 6.54 Å². The van der Waals surface area contributed by atoms with Gasteiger partial charge in [0.1, 0.15) is 0 Å². The predicted octanol–water partition coefficient (Wildman–Crippen LogP) is 0.199. The minimum absolute atomic E-state index is 0.0199. The van der Waals surface area contributed by atoms with Crippen LogP contribution in [0.1, 0.15) is 13.8 Å². The van der Waals surface area contributed by atoms with Crippen LogP contribution in [-0.2, 0) is 4.79 Å². The van der Waals surface area contributed by atoms with E-state index in [1.165, 1.54) is 0 Å². The van der Waals surface area contributed by atoms with Crippen LogP contribution in [0.4, 0.5) is 0 Å². The first kappa shape index (κ1) is 7.91. The van der Waals surface area contributed by atoms with Crippen LogP contribution in [0.5, 0.6) is 0 Å². The lowest BCUT2D eigenvalue weighted by Gasteiger charge is -2.03. The summed E-state index contributed by atoms with van der Waals surface area (Å²) in [6, 6.07) is 0. The first-order valence-corrected chi connectivity index (χ1v) is 3.58. The van der Waals surface area contributed by atoms with Crippen LogP contribution in [0.15, 0.2) is 9.98 Å². The minimum Gasteiger partial charge on any atom is -0.295 e. The van der Waals surface area contributed by atoms with Gasteiger partial charge in [-0.1, -0.05) is 13.8 Å². The summed E-state index contributed by atoms with van der Waals surface area (Å²) in [6.07, 6.45) is 1.66. The maximum atomic E-state index is 11.0. The van der Waals surface area contributed by atoms with E-state index in [0.717, 1.165) is 0 Å². The molecule has 1 aliphatic heterocycles. The summed E-state index contributed by atoms with van der Waals surface area (Å²) < 4.78 is 0. The van der Waals surface area contributed by atoms with Gasteiger partial charge in [0.2, 0.25) is 11.9 Å². The molecule has 0 aliphatic carbocycles. The maximum Gasteiger partial charge on any atom is 0.229 e. The Hall–Kier alpha value is -1.19. The van der Waals surface area contributed by atoms with Gasteiger partial charge in [-0.2, -0.15) is 0 Å². The molecule has 4 heteroatoms. The van der Waals surface area contributed by atoms with Gasteiger partial charge in [0.05, 0.1) is 6.54 Å². The Morgan fingerprint density at radius 1 is 1.73 bits per heavy atom. The maximum absolute atomic E-state index is 11.0. The van der Waals surface area contributed by atoms with Gasteiger partial charge in [0, 0.05) is 12.1 Å². The molecule has 60 valence electrons. The van der Waals surface area contributed by atoms with Gasteiger partial charge < -0.3 is 0 Å². The summed E-state index contributed by atoms with van der Waals surface area (Å²) in [4.78, 5) is 18.8. The van der Waals surface area contributed by atoms with Crippen LogP contribution in [-0.4, -0.2) is 24.6 Å². The van der Waals surface area contributed by atoms with E-state index in [4.69, 9.17) is 0 Å². The smallest absolute Gasteiger partial charge is 0.229 e. The Bertz CT molecular complexity index is 218. The highest BCUT2D eigenvalue weighted by atomic mass is 16.2. The zero-order chi connectivity index (χ0) is 8.27. The number of aliphatic imine (C=N–C) groups is 2. The molecule has 1 rings (SSSR count). The van der Waals surface area contributed by atoms with Gasteiger partial charge in [0.15, 0.2) is 0 Å². The Kier molecular flexibility index (Phi) is 2.36. The van der Waals surface area contributed by atoms with E-state index in [0.29, 0.717) is 12.5 Å². The topological polar surface area (TPSA) is 53.8 Å². The molecule has 0 bridgehead atoms. The monoisotopic (exact) mass is 153 g/mol. The molecular formula is C7H11N3O. The lowest BCUT2D eigenvalue weighted by Crippen LogP contribution is -2.31. The number of carbonyl (C=O) groups excluding carboxylic acids is 1. The zero-order valence-electron chi connectivity index (χ0n) is 6.66. The van der Waals surface area contributed by atoms with Crippen molar-refractivity contribution in [1.29, 1.82) is 0 Å². The second-order valence-corrected chi connectivity index (χ2v) is 2.62. The fourth-order valence-corrected chi connectivity index (χ4v) is 0.622. The van der Waals surface area contributed by atoms with Crippen LogP contribution in [0, 0.1) is 5.92 Å². The summed E-state index contributed by atoms with van der Waals surface area (Å²) in [6.45, 7) is 4.23. The number of nitrogens with zero attached hydrogens (tertiary/aromatic N) is 2. The number of hydrogen-bond donors (Lipinski definition) is 1. The fourth-order valence-electron chi connectivity index (χ4n) is 0.622. The number of hydrogen-bond acceptors (Lipinski definition) is 3. The fraction of sp³-hybridized carbons (Fsp3) is 0.571. The molecule has 0 aromatic rings. The summed E-state index contributed by atoms with van der Waals surface area (Å²) in [7, 11) is 0. The third-order valence-corrected chi connectivity index (χ3v) is 1.30. The van der Waals surface area contributed by atoms with Crippen LogP contribution in [0.25, 0.3) is 0 Å². The highest BCUT2D eigenvalue weighted by molar-refractivity contribution is 6.03. The molecule has 0 saturated heterocycles. The lowest BCUT2D eigenvalue weighted by atomic mass is 10.2. The SMILES string of the molecule is CC(C)C(=O)NC1=NCC=N1. The van der Waals surface area contributed by atoms with E-state index in [9.17, 15) is 4.79 Å². The third-order valence-electron chi connectivity index (χ3n) is 1.30. The second-order valence-electron chi connectivity index (χ2n) is 2.62. The van der Waals surface area contributed by atoms with Crippen LogP contribution < -0.4 is 5.32 Å². The number of guanidine groups is 1. The summed E-state index contributed by atoms with van der Waals surface area (Å²) in [5, 5.41) is 2.59.